The van der Waals surface area contributed by atoms with E-state index in [9.17, 15) is 18.0 Å². The Hall–Kier alpha value is -1.93. The Bertz CT molecular complexity index is 510. The summed E-state index contributed by atoms with van der Waals surface area (Å²) in [5.41, 5.74) is 0.312. The molecule has 1 aromatic rings. The van der Waals surface area contributed by atoms with Gasteiger partial charge in [-0.15, -0.1) is 0 Å². The summed E-state index contributed by atoms with van der Waals surface area (Å²) in [4.78, 5) is 22.2. The second-order valence-electron chi connectivity index (χ2n) is 2.93. The molecular weight excluding hydrogens is 250 g/mol. The first-order valence-electron chi connectivity index (χ1n) is 4.41. The van der Waals surface area contributed by atoms with Crippen molar-refractivity contribution in [2.24, 2.45) is 0 Å². The highest BCUT2D eigenvalue weighted by Gasteiger charge is 2.14. The van der Waals surface area contributed by atoms with Crippen LogP contribution < -0.4 is 5.32 Å². The van der Waals surface area contributed by atoms with Gasteiger partial charge in [-0.3, -0.25) is 9.35 Å². The molecule has 0 saturated carbocycles. The van der Waals surface area contributed by atoms with E-state index in [1.165, 1.54) is 12.1 Å². The van der Waals surface area contributed by atoms with Gasteiger partial charge in [-0.2, -0.15) is 8.42 Å². The van der Waals surface area contributed by atoms with Crippen LogP contribution in [0.15, 0.2) is 30.3 Å². The molecule has 0 aliphatic rings. The van der Waals surface area contributed by atoms with Gasteiger partial charge < -0.3 is 9.50 Å². The van der Waals surface area contributed by atoms with E-state index in [0.717, 1.165) is 0 Å². The number of carbonyl (C=O) groups excluding carboxylic acids is 2. The molecule has 0 aliphatic carbocycles. The highest BCUT2D eigenvalue weighted by atomic mass is 32.3. The lowest BCUT2D eigenvalue weighted by atomic mass is 10.2. The topological polar surface area (TPSA) is 110 Å². The lowest BCUT2D eigenvalue weighted by Crippen LogP contribution is -2.31. The minimum absolute atomic E-state index is 0.312. The van der Waals surface area contributed by atoms with Crippen LogP contribution in [0.1, 0.15) is 10.4 Å². The first-order valence-corrected chi connectivity index (χ1v) is 5.78. The van der Waals surface area contributed by atoms with Gasteiger partial charge in [-0.25, -0.2) is 4.79 Å². The molecule has 0 aromatic heterocycles. The molecule has 7 nitrogen and oxygen atoms in total. The Morgan fingerprint density at radius 1 is 1.24 bits per heavy atom. The summed E-state index contributed by atoms with van der Waals surface area (Å²) in [5, 5.41) is 2.13. The average molecular weight is 259 g/mol. The van der Waals surface area contributed by atoms with Gasteiger partial charge >= 0.3 is 16.4 Å². The summed E-state index contributed by atoms with van der Waals surface area (Å²) in [6, 6.07) is 8.01. The van der Waals surface area contributed by atoms with E-state index in [1.807, 2.05) is 0 Å². The van der Waals surface area contributed by atoms with Crippen LogP contribution in [-0.4, -0.2) is 31.4 Å². The first-order chi connectivity index (χ1) is 7.88. The van der Waals surface area contributed by atoms with Gasteiger partial charge in [0.25, 0.3) is 5.91 Å². The number of amides is 1. The normalized spacial score (nSPS) is 10.6. The number of benzene rings is 1. The van der Waals surface area contributed by atoms with Crippen molar-refractivity contribution >= 4 is 22.3 Å². The van der Waals surface area contributed by atoms with E-state index in [2.05, 4.69) is 9.50 Å². The molecule has 1 aromatic carbocycles. The molecule has 0 spiro atoms. The van der Waals surface area contributed by atoms with E-state index in [-0.39, 0.29) is 0 Å². The SMILES string of the molecule is O=C(CNC(=O)c1ccccc1)OS(=O)(=O)O. The molecule has 0 fully saturated rings. The van der Waals surface area contributed by atoms with Crippen molar-refractivity contribution in [2.75, 3.05) is 6.54 Å². The maximum Gasteiger partial charge on any atom is 0.449 e. The first kappa shape index (κ1) is 13.1. The summed E-state index contributed by atoms with van der Waals surface area (Å²) in [7, 11) is -4.84. The number of carbonyl (C=O) groups is 2. The van der Waals surface area contributed by atoms with Crippen LogP contribution in [0.25, 0.3) is 0 Å². The van der Waals surface area contributed by atoms with Crippen LogP contribution in [0.3, 0.4) is 0 Å². The Kier molecular flexibility index (Phi) is 4.18. The summed E-state index contributed by atoms with van der Waals surface area (Å²) in [5.74, 6) is -1.84. The fraction of sp³-hybridized carbons (Fsp3) is 0.111. The average Bonchev–Trinajstić information content (AvgIpc) is 2.25. The van der Waals surface area contributed by atoms with E-state index in [0.29, 0.717) is 5.56 Å². The van der Waals surface area contributed by atoms with Gasteiger partial charge in [0.05, 0.1) is 0 Å². The molecule has 0 bridgehead atoms. The Balaban J connectivity index is 2.47. The predicted molar refractivity (Wildman–Crippen MR) is 56.4 cm³/mol. The number of hydrogen-bond donors (Lipinski definition) is 2. The molecule has 1 amide bonds. The fourth-order valence-electron chi connectivity index (χ4n) is 0.991. The Morgan fingerprint density at radius 3 is 2.35 bits per heavy atom. The summed E-state index contributed by atoms with van der Waals surface area (Å²) < 4.78 is 32.1. The second-order valence-corrected chi connectivity index (χ2v) is 3.95. The van der Waals surface area contributed by atoms with Crippen LogP contribution >= 0.6 is 0 Å². The van der Waals surface area contributed by atoms with E-state index in [4.69, 9.17) is 4.55 Å². The maximum absolute atomic E-state index is 11.4. The highest BCUT2D eigenvalue weighted by Crippen LogP contribution is 1.97. The van der Waals surface area contributed by atoms with Gasteiger partial charge in [-0.1, -0.05) is 18.2 Å². The number of hydrogen-bond acceptors (Lipinski definition) is 5. The second kappa shape index (κ2) is 5.41. The fourth-order valence-corrected chi connectivity index (χ4v) is 1.28. The predicted octanol–water partition coefficient (Wildman–Crippen LogP) is -0.238. The van der Waals surface area contributed by atoms with E-state index in [1.54, 1.807) is 18.2 Å². The van der Waals surface area contributed by atoms with Crippen molar-refractivity contribution in [3.63, 3.8) is 0 Å². The van der Waals surface area contributed by atoms with Gasteiger partial charge in [0.1, 0.15) is 6.54 Å². The lowest BCUT2D eigenvalue weighted by molar-refractivity contribution is -0.133. The summed E-state index contributed by atoms with van der Waals surface area (Å²) in [6.45, 7) is -0.659. The van der Waals surface area contributed by atoms with E-state index >= 15 is 0 Å². The largest absolute Gasteiger partial charge is 0.449 e. The molecule has 8 heteroatoms. The highest BCUT2D eigenvalue weighted by molar-refractivity contribution is 7.81. The quantitative estimate of drug-likeness (QED) is 0.722. The van der Waals surface area contributed by atoms with Gasteiger partial charge in [0.15, 0.2) is 0 Å². The Labute approximate surface area is 97.4 Å². The number of rotatable bonds is 4. The lowest BCUT2D eigenvalue weighted by Gasteiger charge is -2.03. The molecule has 0 aliphatic heterocycles. The van der Waals surface area contributed by atoms with Gasteiger partial charge in [-0.05, 0) is 12.1 Å². The zero-order chi connectivity index (χ0) is 12.9. The smallest absolute Gasteiger partial charge is 0.341 e. The van der Waals surface area contributed by atoms with Crippen molar-refractivity contribution in [2.45, 2.75) is 0 Å². The molecule has 0 heterocycles. The van der Waals surface area contributed by atoms with Crippen LogP contribution in [0, 0.1) is 0 Å². The van der Waals surface area contributed by atoms with Crippen LogP contribution in [-0.2, 0) is 19.4 Å². The third-order valence-electron chi connectivity index (χ3n) is 1.63. The molecule has 17 heavy (non-hydrogen) atoms. The van der Waals surface area contributed by atoms with Crippen molar-refractivity contribution in [1.29, 1.82) is 0 Å². The molecule has 0 unspecified atom stereocenters. The van der Waals surface area contributed by atoms with Crippen LogP contribution in [0.4, 0.5) is 0 Å². The van der Waals surface area contributed by atoms with Crippen LogP contribution in [0.5, 0.6) is 0 Å². The molecule has 0 radical (unpaired) electrons. The number of nitrogens with one attached hydrogen (secondary N) is 1. The van der Waals surface area contributed by atoms with Crippen molar-refractivity contribution in [1.82, 2.24) is 5.32 Å². The zero-order valence-electron chi connectivity index (χ0n) is 8.49. The zero-order valence-corrected chi connectivity index (χ0v) is 9.31. The van der Waals surface area contributed by atoms with Gasteiger partial charge in [0.2, 0.25) is 0 Å². The molecule has 92 valence electrons. The monoisotopic (exact) mass is 259 g/mol. The maximum atomic E-state index is 11.4. The third-order valence-corrected chi connectivity index (χ3v) is 2.02. The van der Waals surface area contributed by atoms with E-state index < -0.39 is 28.8 Å². The summed E-state index contributed by atoms with van der Waals surface area (Å²) in [6.07, 6.45) is 0. The van der Waals surface area contributed by atoms with Crippen molar-refractivity contribution < 1.29 is 26.7 Å². The minimum atomic E-state index is -4.84. The standard InChI is InChI=1S/C9H9NO6S/c11-8(16-17(13,14)15)6-10-9(12)7-4-2-1-3-5-7/h1-5H,6H2,(H,10,12)(H,13,14,15). The third kappa shape index (κ3) is 5.09. The summed E-state index contributed by atoms with van der Waals surface area (Å²) >= 11 is 0. The minimum Gasteiger partial charge on any atom is -0.341 e. The van der Waals surface area contributed by atoms with Crippen molar-refractivity contribution in [3.8, 4) is 0 Å². The van der Waals surface area contributed by atoms with Gasteiger partial charge in [0, 0.05) is 5.56 Å². The Morgan fingerprint density at radius 2 is 1.82 bits per heavy atom. The molecule has 0 saturated heterocycles. The molecule has 2 N–H and O–H groups in total. The molecule has 0 atom stereocenters. The van der Waals surface area contributed by atoms with Crippen LogP contribution in [0.2, 0.25) is 0 Å². The molecular formula is C9H9NO6S. The van der Waals surface area contributed by atoms with Crippen molar-refractivity contribution in [3.05, 3.63) is 35.9 Å². The molecule has 1 rings (SSSR count).